The molecule has 0 saturated carbocycles. The van der Waals surface area contributed by atoms with Crippen molar-refractivity contribution >= 4 is 11.6 Å². The van der Waals surface area contributed by atoms with Crippen LogP contribution >= 0.6 is 0 Å². The third kappa shape index (κ3) is 2.17. The van der Waals surface area contributed by atoms with Crippen molar-refractivity contribution < 1.29 is 9.18 Å². The maximum atomic E-state index is 13.2. The Hall–Kier alpha value is -1.42. The van der Waals surface area contributed by atoms with Crippen LogP contribution in [-0.2, 0) is 4.79 Å². The van der Waals surface area contributed by atoms with Gasteiger partial charge in [0.15, 0.2) is 0 Å². The van der Waals surface area contributed by atoms with E-state index in [1.807, 2.05) is 20.8 Å². The predicted molar refractivity (Wildman–Crippen MR) is 65.4 cm³/mol. The third-order valence-corrected chi connectivity index (χ3v) is 3.12. The van der Waals surface area contributed by atoms with Crippen LogP contribution in [0.1, 0.15) is 20.8 Å². The van der Waals surface area contributed by atoms with Gasteiger partial charge in [-0.15, -0.1) is 0 Å². The molecule has 1 fully saturated rings. The summed E-state index contributed by atoms with van der Waals surface area (Å²) >= 11 is 0. The lowest BCUT2D eigenvalue weighted by Gasteiger charge is -2.42. The van der Waals surface area contributed by atoms with Gasteiger partial charge in [-0.05, 0) is 39.0 Å². The molecule has 1 aliphatic heterocycles. The Kier molecular flexibility index (Phi) is 2.91. The molecular weight excluding hydrogens is 219 g/mol. The van der Waals surface area contributed by atoms with E-state index in [4.69, 9.17) is 0 Å². The van der Waals surface area contributed by atoms with Crippen LogP contribution in [0, 0.1) is 5.82 Å². The van der Waals surface area contributed by atoms with Gasteiger partial charge >= 0.3 is 0 Å². The molecular formula is C13H17FN2O. The first-order valence-corrected chi connectivity index (χ1v) is 5.76. The number of hydrogen-bond donors (Lipinski definition) is 1. The van der Waals surface area contributed by atoms with Crippen molar-refractivity contribution in [3.8, 4) is 0 Å². The average molecular weight is 236 g/mol. The maximum absolute atomic E-state index is 13.2. The number of rotatable bonds is 1. The van der Waals surface area contributed by atoms with Crippen molar-refractivity contribution in [1.29, 1.82) is 0 Å². The second-order valence-corrected chi connectivity index (χ2v) is 5.01. The zero-order chi connectivity index (χ0) is 12.6. The highest BCUT2D eigenvalue weighted by atomic mass is 19.1. The summed E-state index contributed by atoms with van der Waals surface area (Å²) in [6, 6.07) is 6.19. The summed E-state index contributed by atoms with van der Waals surface area (Å²) in [4.78, 5) is 14.0. The molecule has 4 heteroatoms. The lowest BCUT2D eigenvalue weighted by molar-refractivity contribution is -0.125. The van der Waals surface area contributed by atoms with Crippen molar-refractivity contribution in [2.75, 3.05) is 11.4 Å². The number of piperazine rings is 1. The summed E-state index contributed by atoms with van der Waals surface area (Å²) in [5.74, 6) is -0.347. The van der Waals surface area contributed by atoms with E-state index in [1.165, 1.54) is 12.1 Å². The molecule has 1 N–H and O–H groups in total. The first kappa shape index (κ1) is 12.0. The Balaban J connectivity index is 2.38. The Labute approximate surface area is 101 Å². The van der Waals surface area contributed by atoms with Crippen LogP contribution in [0.15, 0.2) is 24.3 Å². The normalized spacial score (nSPS) is 23.9. The van der Waals surface area contributed by atoms with Crippen molar-refractivity contribution in [2.45, 2.75) is 32.4 Å². The minimum Gasteiger partial charge on any atom is -0.307 e. The van der Waals surface area contributed by atoms with Crippen LogP contribution in [0.4, 0.5) is 10.1 Å². The van der Waals surface area contributed by atoms with Crippen molar-refractivity contribution in [2.24, 2.45) is 0 Å². The molecule has 1 unspecified atom stereocenters. The fraction of sp³-hybridized carbons (Fsp3) is 0.462. The third-order valence-electron chi connectivity index (χ3n) is 3.12. The van der Waals surface area contributed by atoms with Gasteiger partial charge < -0.3 is 10.2 Å². The van der Waals surface area contributed by atoms with Crippen LogP contribution in [0.3, 0.4) is 0 Å². The maximum Gasteiger partial charge on any atom is 0.247 e. The molecule has 3 nitrogen and oxygen atoms in total. The molecule has 1 amide bonds. The summed E-state index contributed by atoms with van der Waals surface area (Å²) < 4.78 is 13.2. The molecule has 1 atom stereocenters. The summed E-state index contributed by atoms with van der Waals surface area (Å²) in [5.41, 5.74) is 0.0239. The molecule has 1 aliphatic rings. The second kappa shape index (κ2) is 4.11. The number of nitrogens with one attached hydrogen (secondary N) is 1. The number of hydrogen-bond acceptors (Lipinski definition) is 2. The first-order valence-electron chi connectivity index (χ1n) is 5.76. The van der Waals surface area contributed by atoms with E-state index in [0.717, 1.165) is 0 Å². The minimum absolute atomic E-state index is 0.0253. The molecule has 1 saturated heterocycles. The highest BCUT2D eigenvalue weighted by molar-refractivity contribution is 6.01. The van der Waals surface area contributed by atoms with Crippen LogP contribution in [0.25, 0.3) is 0 Å². The van der Waals surface area contributed by atoms with E-state index in [2.05, 4.69) is 5.32 Å². The van der Waals surface area contributed by atoms with Gasteiger partial charge in [0, 0.05) is 18.3 Å². The summed E-state index contributed by atoms with van der Waals surface area (Å²) in [5, 5.41) is 3.19. The molecule has 0 aromatic heterocycles. The standard InChI is InChI=1S/C13H17FN2O/c1-9-8-15-13(2,3)12(17)16(9)11-6-4-5-10(14)7-11/h4-7,9,15H,8H2,1-3H3. The molecule has 1 aromatic rings. The fourth-order valence-electron chi connectivity index (χ4n) is 2.07. The fourth-order valence-corrected chi connectivity index (χ4v) is 2.07. The second-order valence-electron chi connectivity index (χ2n) is 5.01. The lowest BCUT2D eigenvalue weighted by atomic mass is 9.97. The largest absolute Gasteiger partial charge is 0.307 e. The van der Waals surface area contributed by atoms with E-state index in [1.54, 1.807) is 17.0 Å². The zero-order valence-corrected chi connectivity index (χ0v) is 10.3. The summed E-state index contributed by atoms with van der Waals surface area (Å²) in [7, 11) is 0. The number of benzene rings is 1. The Morgan fingerprint density at radius 3 is 2.82 bits per heavy atom. The van der Waals surface area contributed by atoms with E-state index in [-0.39, 0.29) is 17.8 Å². The van der Waals surface area contributed by atoms with Crippen molar-refractivity contribution in [1.82, 2.24) is 5.32 Å². The van der Waals surface area contributed by atoms with Gasteiger partial charge in [0.05, 0.1) is 5.54 Å². The topological polar surface area (TPSA) is 32.3 Å². The van der Waals surface area contributed by atoms with Gasteiger partial charge in [0.25, 0.3) is 0 Å². The number of carbonyl (C=O) groups is 1. The van der Waals surface area contributed by atoms with Gasteiger partial charge in [-0.25, -0.2) is 4.39 Å². The van der Waals surface area contributed by atoms with Gasteiger partial charge in [0.2, 0.25) is 5.91 Å². The Morgan fingerprint density at radius 1 is 1.47 bits per heavy atom. The minimum atomic E-state index is -0.598. The smallest absolute Gasteiger partial charge is 0.247 e. The van der Waals surface area contributed by atoms with E-state index < -0.39 is 5.54 Å². The van der Waals surface area contributed by atoms with Crippen LogP contribution in [-0.4, -0.2) is 24.0 Å². The Morgan fingerprint density at radius 2 is 2.18 bits per heavy atom. The highest BCUT2D eigenvalue weighted by Gasteiger charge is 2.39. The lowest BCUT2D eigenvalue weighted by Crippen LogP contribution is -2.65. The summed E-state index contributed by atoms with van der Waals surface area (Å²) in [6.45, 7) is 6.33. The van der Waals surface area contributed by atoms with E-state index >= 15 is 0 Å². The quantitative estimate of drug-likeness (QED) is 0.808. The van der Waals surface area contributed by atoms with E-state index in [9.17, 15) is 9.18 Å². The first-order chi connectivity index (χ1) is 7.92. The SMILES string of the molecule is CC1CNC(C)(C)C(=O)N1c1cccc(F)c1. The van der Waals surface area contributed by atoms with Gasteiger partial charge in [-0.1, -0.05) is 6.07 Å². The number of anilines is 1. The molecule has 0 spiro atoms. The number of halogens is 1. The van der Waals surface area contributed by atoms with Crippen molar-refractivity contribution in [3.05, 3.63) is 30.1 Å². The van der Waals surface area contributed by atoms with Crippen LogP contribution in [0.5, 0.6) is 0 Å². The Bertz CT molecular complexity index is 445. The molecule has 2 rings (SSSR count). The number of nitrogens with zero attached hydrogens (tertiary/aromatic N) is 1. The molecule has 1 aromatic carbocycles. The predicted octanol–water partition coefficient (Wildman–Crippen LogP) is 1.93. The van der Waals surface area contributed by atoms with E-state index in [0.29, 0.717) is 12.2 Å². The van der Waals surface area contributed by atoms with Gasteiger partial charge in [-0.3, -0.25) is 4.79 Å². The van der Waals surface area contributed by atoms with Gasteiger partial charge in [0.1, 0.15) is 5.82 Å². The van der Waals surface area contributed by atoms with Crippen molar-refractivity contribution in [3.63, 3.8) is 0 Å². The highest BCUT2D eigenvalue weighted by Crippen LogP contribution is 2.25. The van der Waals surface area contributed by atoms with Crippen LogP contribution < -0.4 is 10.2 Å². The molecule has 0 bridgehead atoms. The molecule has 0 radical (unpaired) electrons. The monoisotopic (exact) mass is 236 g/mol. The summed E-state index contributed by atoms with van der Waals surface area (Å²) in [6.07, 6.45) is 0. The molecule has 0 aliphatic carbocycles. The molecule has 17 heavy (non-hydrogen) atoms. The zero-order valence-electron chi connectivity index (χ0n) is 10.3. The van der Waals surface area contributed by atoms with Gasteiger partial charge in [-0.2, -0.15) is 0 Å². The average Bonchev–Trinajstić information content (AvgIpc) is 2.25. The molecule has 1 heterocycles. The van der Waals surface area contributed by atoms with Crippen LogP contribution in [0.2, 0.25) is 0 Å². The molecule has 92 valence electrons. The number of amides is 1. The number of carbonyl (C=O) groups excluding carboxylic acids is 1.